The summed E-state index contributed by atoms with van der Waals surface area (Å²) in [6.45, 7) is 2.10. The average Bonchev–Trinajstić information content (AvgIpc) is 3.51. The quantitative estimate of drug-likeness (QED) is 0.640. The molecule has 2 fully saturated rings. The number of carboxylic acid groups (broad SMARTS) is 1. The molecular formula is C27H30N2O5. The molecule has 0 saturated carbocycles. The van der Waals surface area contributed by atoms with E-state index in [1.54, 1.807) is 4.90 Å². The van der Waals surface area contributed by atoms with Gasteiger partial charge in [-0.05, 0) is 54.4 Å². The van der Waals surface area contributed by atoms with Crippen molar-refractivity contribution < 1.29 is 24.2 Å². The van der Waals surface area contributed by atoms with E-state index < -0.39 is 23.6 Å². The van der Waals surface area contributed by atoms with Crippen LogP contribution in [-0.4, -0.2) is 52.2 Å². The second-order valence-electron chi connectivity index (χ2n) is 9.61. The van der Waals surface area contributed by atoms with Crippen molar-refractivity contribution in [3.05, 3.63) is 59.7 Å². The maximum absolute atomic E-state index is 13.1. The third-order valence-corrected chi connectivity index (χ3v) is 7.85. The Balaban J connectivity index is 1.21. The van der Waals surface area contributed by atoms with Crippen LogP contribution in [0.2, 0.25) is 0 Å². The molecule has 0 unspecified atom stereocenters. The second kappa shape index (κ2) is 8.78. The summed E-state index contributed by atoms with van der Waals surface area (Å²) in [6, 6.07) is 15.9. The van der Waals surface area contributed by atoms with Crippen LogP contribution in [0.3, 0.4) is 0 Å². The summed E-state index contributed by atoms with van der Waals surface area (Å²) in [5.41, 5.74) is 3.54. The lowest BCUT2D eigenvalue weighted by Gasteiger charge is -2.32. The molecule has 34 heavy (non-hydrogen) atoms. The molecule has 0 spiro atoms. The Morgan fingerprint density at radius 2 is 1.65 bits per heavy atom. The van der Waals surface area contributed by atoms with Crippen molar-refractivity contribution in [3.63, 3.8) is 0 Å². The molecule has 2 N–H and O–H groups in total. The third kappa shape index (κ3) is 3.63. The largest absolute Gasteiger partial charge is 0.479 e. The van der Waals surface area contributed by atoms with Gasteiger partial charge < -0.3 is 20.1 Å². The van der Waals surface area contributed by atoms with Crippen molar-refractivity contribution in [2.24, 2.45) is 0 Å². The van der Waals surface area contributed by atoms with Crippen LogP contribution in [0.5, 0.6) is 0 Å². The van der Waals surface area contributed by atoms with Gasteiger partial charge in [-0.2, -0.15) is 0 Å². The van der Waals surface area contributed by atoms with Crippen LogP contribution in [0.1, 0.15) is 62.5 Å². The lowest BCUT2D eigenvalue weighted by molar-refractivity contribution is -0.155. The third-order valence-electron chi connectivity index (χ3n) is 7.85. The summed E-state index contributed by atoms with van der Waals surface area (Å²) in [7, 11) is 0. The van der Waals surface area contributed by atoms with Crippen LogP contribution in [0.4, 0.5) is 4.79 Å². The molecule has 178 valence electrons. The van der Waals surface area contributed by atoms with Gasteiger partial charge in [0.25, 0.3) is 0 Å². The first-order valence-corrected chi connectivity index (χ1v) is 12.1. The fraction of sp³-hybridized carbons (Fsp3) is 0.444. The predicted molar refractivity (Wildman–Crippen MR) is 126 cm³/mol. The number of rotatable bonds is 7. The number of nitrogens with zero attached hydrogens (tertiary/aromatic N) is 1. The lowest BCUT2D eigenvalue weighted by atomic mass is 9.88. The fourth-order valence-electron chi connectivity index (χ4n) is 6.10. The van der Waals surface area contributed by atoms with Crippen LogP contribution in [0.15, 0.2) is 48.5 Å². The second-order valence-corrected chi connectivity index (χ2v) is 9.61. The van der Waals surface area contributed by atoms with E-state index in [4.69, 9.17) is 4.74 Å². The molecule has 2 aromatic carbocycles. The zero-order valence-corrected chi connectivity index (χ0v) is 19.3. The highest BCUT2D eigenvalue weighted by Crippen LogP contribution is 2.47. The van der Waals surface area contributed by atoms with E-state index in [9.17, 15) is 19.5 Å². The summed E-state index contributed by atoms with van der Waals surface area (Å²) in [4.78, 5) is 39.2. The van der Waals surface area contributed by atoms with E-state index in [2.05, 4.69) is 29.6 Å². The zero-order valence-electron chi connectivity index (χ0n) is 19.3. The summed E-state index contributed by atoms with van der Waals surface area (Å²) < 4.78 is 5.62. The van der Waals surface area contributed by atoms with Crippen LogP contribution in [-0.2, 0) is 14.3 Å². The van der Waals surface area contributed by atoms with E-state index in [1.807, 2.05) is 31.2 Å². The van der Waals surface area contributed by atoms with Gasteiger partial charge in [0.2, 0.25) is 5.91 Å². The molecule has 7 heteroatoms. The maximum atomic E-state index is 13.1. The average molecular weight is 463 g/mol. The van der Waals surface area contributed by atoms with Gasteiger partial charge in [-0.15, -0.1) is 0 Å². The van der Waals surface area contributed by atoms with E-state index in [0.29, 0.717) is 19.3 Å². The molecule has 2 aromatic rings. The SMILES string of the molecule is CC[C@@H](CC(=O)N1C2CCC1(C(=O)O)CC2)NC(=O)OCC1c2ccccc2-c2ccccc21. The number of carbonyl (C=O) groups is 3. The number of ether oxygens (including phenoxy) is 1. The molecule has 1 aliphatic carbocycles. The number of carboxylic acids is 1. The first kappa shape index (κ1) is 22.4. The first-order valence-electron chi connectivity index (χ1n) is 12.1. The Bertz CT molecular complexity index is 1080. The van der Waals surface area contributed by atoms with Gasteiger partial charge in [-0.25, -0.2) is 9.59 Å². The number of carbonyl (C=O) groups excluding carboxylic acids is 2. The van der Waals surface area contributed by atoms with Crippen molar-refractivity contribution >= 4 is 18.0 Å². The molecule has 2 aliphatic heterocycles. The number of nitrogens with one attached hydrogen (secondary N) is 1. The Hall–Kier alpha value is -3.35. The molecule has 3 aliphatic rings. The highest BCUT2D eigenvalue weighted by atomic mass is 16.5. The number of hydrogen-bond donors (Lipinski definition) is 2. The fourth-order valence-corrected chi connectivity index (χ4v) is 6.10. The maximum Gasteiger partial charge on any atom is 0.407 e. The molecule has 5 rings (SSSR count). The number of hydrogen-bond acceptors (Lipinski definition) is 4. The van der Waals surface area contributed by atoms with E-state index in [1.165, 1.54) is 0 Å². The normalized spacial score (nSPS) is 23.3. The van der Waals surface area contributed by atoms with Gasteiger partial charge in [0.1, 0.15) is 12.1 Å². The van der Waals surface area contributed by atoms with Crippen molar-refractivity contribution in [2.45, 2.75) is 69.0 Å². The number of benzene rings is 2. The first-order chi connectivity index (χ1) is 16.4. The van der Waals surface area contributed by atoms with Gasteiger partial charge in [-0.3, -0.25) is 4.79 Å². The molecule has 7 nitrogen and oxygen atoms in total. The molecule has 1 atom stereocenters. The Labute approximate surface area is 199 Å². The molecule has 2 bridgehead atoms. The summed E-state index contributed by atoms with van der Waals surface area (Å²) >= 11 is 0. The van der Waals surface area contributed by atoms with Crippen LogP contribution in [0.25, 0.3) is 11.1 Å². The highest BCUT2D eigenvalue weighted by Gasteiger charge is 2.58. The lowest BCUT2D eigenvalue weighted by Crippen LogP contribution is -2.52. The van der Waals surface area contributed by atoms with Crippen molar-refractivity contribution in [1.82, 2.24) is 10.2 Å². The Morgan fingerprint density at radius 1 is 1.06 bits per heavy atom. The topological polar surface area (TPSA) is 95.9 Å². The minimum atomic E-state index is -1.07. The van der Waals surface area contributed by atoms with Crippen LogP contribution in [0, 0.1) is 0 Å². The van der Waals surface area contributed by atoms with E-state index in [-0.39, 0.29) is 30.9 Å². The monoisotopic (exact) mass is 462 g/mol. The summed E-state index contributed by atoms with van der Waals surface area (Å²) in [5, 5.41) is 12.6. The predicted octanol–water partition coefficient (Wildman–Crippen LogP) is 4.30. The molecule has 2 amide bonds. The number of alkyl carbamates (subject to hydrolysis) is 1. The van der Waals surface area contributed by atoms with Crippen molar-refractivity contribution in [2.75, 3.05) is 6.61 Å². The number of fused-ring (bicyclic) bond motifs is 5. The van der Waals surface area contributed by atoms with Gasteiger partial charge >= 0.3 is 12.1 Å². The molecular weight excluding hydrogens is 432 g/mol. The highest BCUT2D eigenvalue weighted by molar-refractivity contribution is 5.89. The molecule has 2 saturated heterocycles. The van der Waals surface area contributed by atoms with Crippen molar-refractivity contribution in [1.29, 1.82) is 0 Å². The zero-order chi connectivity index (χ0) is 23.9. The summed E-state index contributed by atoms with van der Waals surface area (Å²) in [5.74, 6) is -1.15. The smallest absolute Gasteiger partial charge is 0.407 e. The Kier molecular flexibility index (Phi) is 5.80. The van der Waals surface area contributed by atoms with Crippen LogP contribution < -0.4 is 5.32 Å². The van der Waals surface area contributed by atoms with E-state index in [0.717, 1.165) is 35.1 Å². The van der Waals surface area contributed by atoms with Crippen molar-refractivity contribution in [3.8, 4) is 11.1 Å². The number of amides is 2. The molecule has 0 radical (unpaired) electrons. The van der Waals surface area contributed by atoms with Gasteiger partial charge in [0, 0.05) is 24.4 Å². The van der Waals surface area contributed by atoms with Crippen LogP contribution >= 0.6 is 0 Å². The van der Waals surface area contributed by atoms with Gasteiger partial charge in [-0.1, -0.05) is 55.5 Å². The minimum absolute atomic E-state index is 0.00411. The number of aliphatic carboxylic acids is 1. The van der Waals surface area contributed by atoms with E-state index >= 15 is 0 Å². The van der Waals surface area contributed by atoms with Gasteiger partial charge in [0.15, 0.2) is 0 Å². The van der Waals surface area contributed by atoms with Gasteiger partial charge in [0.05, 0.1) is 0 Å². The minimum Gasteiger partial charge on any atom is -0.479 e. The Morgan fingerprint density at radius 3 is 2.21 bits per heavy atom. The standard InChI is InChI=1S/C27H30N2O5/c1-2-17(15-24(30)29-18-11-13-27(29,14-12-18)25(31)32)28-26(33)34-16-23-21-9-5-3-7-19(21)20-8-4-6-10-22(20)23/h3-10,17-18,23H,2,11-16H2,1H3,(H,28,33)(H,31,32)/t17-,18?,27?/m0/s1. The molecule has 2 heterocycles. The molecule has 0 aromatic heterocycles. The summed E-state index contributed by atoms with van der Waals surface area (Å²) in [6.07, 6.45) is 2.55.